The Kier molecular flexibility index (Phi) is 7.08. The number of methoxy groups -OCH3 is 1. The average Bonchev–Trinajstić information content (AvgIpc) is 2.77. The van der Waals surface area contributed by atoms with E-state index in [0.717, 1.165) is 24.2 Å². The summed E-state index contributed by atoms with van der Waals surface area (Å²) < 4.78 is 32.9. The number of carbonyl (C=O) groups excluding carboxylic acids is 1. The maximum Gasteiger partial charge on any atom is 0.261 e. The zero-order valence-electron chi connectivity index (χ0n) is 16.7. The van der Waals surface area contributed by atoms with Gasteiger partial charge in [-0.2, -0.15) is 0 Å². The van der Waals surface area contributed by atoms with Crippen molar-refractivity contribution in [1.29, 1.82) is 0 Å². The van der Waals surface area contributed by atoms with Crippen LogP contribution in [-0.4, -0.2) is 28.0 Å². The molecule has 30 heavy (non-hydrogen) atoms. The SMILES string of the molecule is COc1cccc(CCCNC(=O)c2cccc(S(=O)(=O)Nc3ccccc3)c2)c1. The molecule has 0 aliphatic carbocycles. The van der Waals surface area contributed by atoms with E-state index >= 15 is 0 Å². The predicted molar refractivity (Wildman–Crippen MR) is 117 cm³/mol. The molecule has 0 saturated heterocycles. The zero-order valence-corrected chi connectivity index (χ0v) is 17.5. The number of aryl methyl sites for hydroxylation is 1. The zero-order chi connectivity index (χ0) is 21.4. The first-order chi connectivity index (χ1) is 14.5. The summed E-state index contributed by atoms with van der Waals surface area (Å²) in [4.78, 5) is 12.5. The van der Waals surface area contributed by atoms with Gasteiger partial charge < -0.3 is 10.1 Å². The van der Waals surface area contributed by atoms with Crippen LogP contribution in [0.4, 0.5) is 5.69 Å². The largest absolute Gasteiger partial charge is 0.497 e. The van der Waals surface area contributed by atoms with Crippen molar-refractivity contribution in [1.82, 2.24) is 5.32 Å². The van der Waals surface area contributed by atoms with E-state index in [1.54, 1.807) is 49.6 Å². The van der Waals surface area contributed by atoms with Gasteiger partial charge in [-0.1, -0.05) is 36.4 Å². The highest BCUT2D eigenvalue weighted by Gasteiger charge is 2.16. The van der Waals surface area contributed by atoms with Crippen molar-refractivity contribution in [2.45, 2.75) is 17.7 Å². The molecule has 7 heteroatoms. The number of ether oxygens (including phenoxy) is 1. The normalized spacial score (nSPS) is 11.0. The van der Waals surface area contributed by atoms with E-state index in [9.17, 15) is 13.2 Å². The molecule has 0 aliphatic rings. The van der Waals surface area contributed by atoms with Gasteiger partial charge in [0.25, 0.3) is 15.9 Å². The summed E-state index contributed by atoms with van der Waals surface area (Å²) in [6.07, 6.45) is 1.55. The number of hydrogen-bond donors (Lipinski definition) is 2. The van der Waals surface area contributed by atoms with Crippen LogP contribution in [0.15, 0.2) is 83.8 Å². The van der Waals surface area contributed by atoms with Gasteiger partial charge in [0.05, 0.1) is 12.0 Å². The van der Waals surface area contributed by atoms with E-state index < -0.39 is 10.0 Å². The summed E-state index contributed by atoms with van der Waals surface area (Å²) in [7, 11) is -2.15. The second-order valence-corrected chi connectivity index (χ2v) is 8.39. The van der Waals surface area contributed by atoms with E-state index in [1.165, 1.54) is 12.1 Å². The maximum absolute atomic E-state index is 12.6. The Morgan fingerprint density at radius 3 is 2.47 bits per heavy atom. The fourth-order valence-corrected chi connectivity index (χ4v) is 4.05. The van der Waals surface area contributed by atoms with Gasteiger partial charge >= 0.3 is 0 Å². The second-order valence-electron chi connectivity index (χ2n) is 6.71. The fraction of sp³-hybridized carbons (Fsp3) is 0.174. The van der Waals surface area contributed by atoms with Crippen LogP contribution in [-0.2, 0) is 16.4 Å². The van der Waals surface area contributed by atoms with Gasteiger partial charge in [-0.25, -0.2) is 8.42 Å². The molecule has 0 fully saturated rings. The van der Waals surface area contributed by atoms with Gasteiger partial charge in [0.1, 0.15) is 5.75 Å². The van der Waals surface area contributed by atoms with Crippen LogP contribution < -0.4 is 14.8 Å². The van der Waals surface area contributed by atoms with E-state index in [2.05, 4.69) is 10.0 Å². The Morgan fingerprint density at radius 2 is 1.70 bits per heavy atom. The van der Waals surface area contributed by atoms with Crippen LogP contribution >= 0.6 is 0 Å². The minimum absolute atomic E-state index is 0.0374. The Morgan fingerprint density at radius 1 is 0.933 bits per heavy atom. The highest BCUT2D eigenvalue weighted by atomic mass is 32.2. The lowest BCUT2D eigenvalue weighted by molar-refractivity contribution is 0.0953. The predicted octanol–water partition coefficient (Wildman–Crippen LogP) is 3.86. The van der Waals surface area contributed by atoms with Gasteiger partial charge in [0.2, 0.25) is 0 Å². The molecule has 1 amide bonds. The molecule has 0 unspecified atom stereocenters. The third-order valence-electron chi connectivity index (χ3n) is 4.49. The molecule has 0 bridgehead atoms. The number of carbonyl (C=O) groups is 1. The molecule has 0 aromatic heterocycles. The Labute approximate surface area is 177 Å². The van der Waals surface area contributed by atoms with Crippen molar-refractivity contribution in [2.24, 2.45) is 0 Å². The summed E-state index contributed by atoms with van der Waals surface area (Å²) in [6, 6.07) is 22.4. The number of hydrogen-bond acceptors (Lipinski definition) is 4. The standard InChI is InChI=1S/C23H24N2O4S/c1-29-21-13-5-8-18(16-21)9-7-15-24-23(26)19-10-6-14-22(17-19)30(27,28)25-20-11-3-2-4-12-20/h2-6,8,10-14,16-17,25H,7,9,15H2,1H3,(H,24,26). The van der Waals surface area contributed by atoms with Crippen molar-refractivity contribution >= 4 is 21.6 Å². The monoisotopic (exact) mass is 424 g/mol. The molecule has 3 rings (SSSR count). The van der Waals surface area contributed by atoms with Crippen LogP contribution in [0.5, 0.6) is 5.75 Å². The smallest absolute Gasteiger partial charge is 0.261 e. The lowest BCUT2D eigenvalue weighted by Gasteiger charge is -2.10. The molecule has 2 N–H and O–H groups in total. The van der Waals surface area contributed by atoms with Crippen molar-refractivity contribution in [3.63, 3.8) is 0 Å². The number of amides is 1. The third-order valence-corrected chi connectivity index (χ3v) is 5.87. The van der Waals surface area contributed by atoms with Crippen LogP contribution in [0, 0.1) is 0 Å². The summed E-state index contributed by atoms with van der Waals surface area (Å²) >= 11 is 0. The summed E-state index contributed by atoms with van der Waals surface area (Å²) in [5, 5.41) is 2.84. The molecule has 3 aromatic rings. The van der Waals surface area contributed by atoms with Crippen LogP contribution in [0.2, 0.25) is 0 Å². The molecule has 6 nitrogen and oxygen atoms in total. The third kappa shape index (κ3) is 5.84. The van der Waals surface area contributed by atoms with Crippen molar-refractivity contribution in [2.75, 3.05) is 18.4 Å². The average molecular weight is 425 g/mol. The lowest BCUT2D eigenvalue weighted by atomic mass is 10.1. The van der Waals surface area contributed by atoms with Crippen molar-refractivity contribution in [3.05, 3.63) is 90.0 Å². The van der Waals surface area contributed by atoms with Crippen molar-refractivity contribution in [3.8, 4) is 5.75 Å². The van der Waals surface area contributed by atoms with Gasteiger partial charge in [-0.15, -0.1) is 0 Å². The molecular formula is C23H24N2O4S. The number of benzene rings is 3. The van der Waals surface area contributed by atoms with E-state index in [4.69, 9.17) is 4.74 Å². The molecule has 156 valence electrons. The van der Waals surface area contributed by atoms with E-state index in [1.807, 2.05) is 24.3 Å². The Bertz CT molecular complexity index is 1100. The fourth-order valence-electron chi connectivity index (χ4n) is 2.95. The van der Waals surface area contributed by atoms with Gasteiger partial charge in [-0.3, -0.25) is 9.52 Å². The maximum atomic E-state index is 12.6. The first kappa shape index (κ1) is 21.4. The van der Waals surface area contributed by atoms with E-state index in [0.29, 0.717) is 17.8 Å². The summed E-state index contributed by atoms with van der Waals surface area (Å²) in [5.74, 6) is 0.496. The summed E-state index contributed by atoms with van der Waals surface area (Å²) in [6.45, 7) is 0.481. The minimum Gasteiger partial charge on any atom is -0.497 e. The first-order valence-corrected chi connectivity index (χ1v) is 11.1. The number of nitrogens with one attached hydrogen (secondary N) is 2. The molecule has 0 radical (unpaired) electrons. The van der Waals surface area contributed by atoms with Gasteiger partial charge in [0, 0.05) is 17.8 Å². The highest BCUT2D eigenvalue weighted by molar-refractivity contribution is 7.92. The number of anilines is 1. The highest BCUT2D eigenvalue weighted by Crippen LogP contribution is 2.17. The molecule has 0 spiro atoms. The summed E-state index contributed by atoms with van der Waals surface area (Å²) in [5.41, 5.74) is 1.89. The van der Waals surface area contributed by atoms with Crippen LogP contribution in [0.25, 0.3) is 0 Å². The molecule has 0 heterocycles. The number of para-hydroxylation sites is 1. The van der Waals surface area contributed by atoms with Crippen molar-refractivity contribution < 1.29 is 17.9 Å². The lowest BCUT2D eigenvalue weighted by Crippen LogP contribution is -2.25. The molecule has 0 aliphatic heterocycles. The number of rotatable bonds is 9. The molecule has 0 atom stereocenters. The van der Waals surface area contributed by atoms with Crippen LogP contribution in [0.3, 0.4) is 0 Å². The number of sulfonamides is 1. The Balaban J connectivity index is 1.57. The van der Waals surface area contributed by atoms with Crippen LogP contribution in [0.1, 0.15) is 22.3 Å². The minimum atomic E-state index is -3.78. The van der Waals surface area contributed by atoms with E-state index in [-0.39, 0.29) is 10.8 Å². The van der Waals surface area contributed by atoms with Gasteiger partial charge in [-0.05, 0) is 60.9 Å². The second kappa shape index (κ2) is 9.93. The first-order valence-electron chi connectivity index (χ1n) is 9.57. The Hall–Kier alpha value is -3.32. The van der Waals surface area contributed by atoms with Gasteiger partial charge in [0.15, 0.2) is 0 Å². The molecule has 3 aromatic carbocycles. The topological polar surface area (TPSA) is 84.5 Å². The quantitative estimate of drug-likeness (QED) is 0.511. The molecule has 0 saturated carbocycles. The molecular weight excluding hydrogens is 400 g/mol.